The zero-order chi connectivity index (χ0) is 19.1. The molecule has 0 spiro atoms. The highest BCUT2D eigenvalue weighted by atomic mass is 35.5. The first-order valence-corrected chi connectivity index (χ1v) is 7.83. The van der Waals surface area contributed by atoms with E-state index in [2.05, 4.69) is 10.6 Å². The van der Waals surface area contributed by atoms with Gasteiger partial charge >= 0.3 is 5.97 Å². The SMILES string of the molecule is COc1cc(Cl)c(C)cc1N/C=C(/C#N)C(=O)NC(C(=O)O)C(C)C. The molecule has 134 valence electrons. The number of aryl methyl sites for hydroxylation is 1. The van der Waals surface area contributed by atoms with Crippen LogP contribution >= 0.6 is 11.6 Å². The van der Waals surface area contributed by atoms with Gasteiger partial charge in [0, 0.05) is 17.3 Å². The predicted octanol–water partition coefficient (Wildman–Crippen LogP) is 2.70. The van der Waals surface area contributed by atoms with Crippen LogP contribution in [0, 0.1) is 24.2 Å². The van der Waals surface area contributed by atoms with E-state index in [1.165, 1.54) is 13.3 Å². The summed E-state index contributed by atoms with van der Waals surface area (Å²) in [6.45, 7) is 5.12. The lowest BCUT2D eigenvalue weighted by Gasteiger charge is -2.17. The third kappa shape index (κ3) is 5.40. The number of amides is 1. The summed E-state index contributed by atoms with van der Waals surface area (Å²) in [7, 11) is 1.47. The smallest absolute Gasteiger partial charge is 0.326 e. The van der Waals surface area contributed by atoms with Gasteiger partial charge in [-0.25, -0.2) is 4.79 Å². The van der Waals surface area contributed by atoms with Gasteiger partial charge in [0.2, 0.25) is 0 Å². The Morgan fingerprint density at radius 3 is 2.52 bits per heavy atom. The van der Waals surface area contributed by atoms with E-state index in [1.807, 2.05) is 0 Å². The zero-order valence-corrected chi connectivity index (χ0v) is 15.1. The molecule has 3 N–H and O–H groups in total. The van der Waals surface area contributed by atoms with Gasteiger partial charge in [0.1, 0.15) is 23.4 Å². The maximum absolute atomic E-state index is 12.1. The second kappa shape index (κ2) is 8.94. The van der Waals surface area contributed by atoms with Gasteiger partial charge in [-0.1, -0.05) is 25.4 Å². The van der Waals surface area contributed by atoms with Gasteiger partial charge in [0.05, 0.1) is 12.8 Å². The summed E-state index contributed by atoms with van der Waals surface area (Å²) in [5.41, 5.74) is 1.04. The number of ether oxygens (including phenoxy) is 1. The molecular formula is C17H20ClN3O4. The third-order valence-electron chi connectivity index (χ3n) is 3.44. The molecule has 1 aromatic rings. The van der Waals surface area contributed by atoms with Crippen LogP contribution in [-0.2, 0) is 9.59 Å². The average Bonchev–Trinajstić information content (AvgIpc) is 2.55. The monoisotopic (exact) mass is 365 g/mol. The molecule has 0 heterocycles. The van der Waals surface area contributed by atoms with Gasteiger partial charge < -0.3 is 20.5 Å². The Labute approximate surface area is 151 Å². The molecule has 0 bridgehead atoms. The van der Waals surface area contributed by atoms with Crippen LogP contribution in [0.25, 0.3) is 0 Å². The number of nitrogens with one attached hydrogen (secondary N) is 2. The van der Waals surface area contributed by atoms with Crippen molar-refractivity contribution in [3.63, 3.8) is 0 Å². The number of methoxy groups -OCH3 is 1. The lowest BCUT2D eigenvalue weighted by molar-refractivity contribution is -0.142. The molecule has 0 aliphatic rings. The van der Waals surface area contributed by atoms with Gasteiger partial charge in [-0.2, -0.15) is 5.26 Å². The van der Waals surface area contributed by atoms with E-state index in [-0.39, 0.29) is 11.5 Å². The van der Waals surface area contributed by atoms with Crippen LogP contribution in [0.3, 0.4) is 0 Å². The van der Waals surface area contributed by atoms with Crippen molar-refractivity contribution in [2.24, 2.45) is 5.92 Å². The summed E-state index contributed by atoms with van der Waals surface area (Å²) >= 11 is 6.03. The molecule has 1 rings (SSSR count). The van der Waals surface area contributed by atoms with E-state index in [9.17, 15) is 14.9 Å². The number of anilines is 1. The van der Waals surface area contributed by atoms with Crippen molar-refractivity contribution in [3.8, 4) is 11.8 Å². The summed E-state index contributed by atoms with van der Waals surface area (Å²) < 4.78 is 5.20. The van der Waals surface area contributed by atoms with Crippen molar-refractivity contribution in [2.45, 2.75) is 26.8 Å². The first-order valence-electron chi connectivity index (χ1n) is 7.45. The van der Waals surface area contributed by atoms with Gasteiger partial charge in [-0.05, 0) is 24.5 Å². The van der Waals surface area contributed by atoms with Crippen LogP contribution in [0.15, 0.2) is 23.9 Å². The maximum Gasteiger partial charge on any atom is 0.326 e. The summed E-state index contributed by atoms with van der Waals surface area (Å²) in [6.07, 6.45) is 1.19. The van der Waals surface area contributed by atoms with E-state index in [4.69, 9.17) is 21.4 Å². The van der Waals surface area contributed by atoms with Gasteiger partial charge in [0.25, 0.3) is 5.91 Å². The van der Waals surface area contributed by atoms with Gasteiger partial charge in [0.15, 0.2) is 0 Å². The van der Waals surface area contributed by atoms with Crippen molar-refractivity contribution in [2.75, 3.05) is 12.4 Å². The number of benzene rings is 1. The van der Waals surface area contributed by atoms with Crippen LogP contribution < -0.4 is 15.4 Å². The van der Waals surface area contributed by atoms with Crippen LogP contribution in [0.4, 0.5) is 5.69 Å². The standard InChI is InChI=1S/C17H20ClN3O4/c1-9(2)15(17(23)24)21-16(22)11(7-19)8-20-13-5-10(3)12(18)6-14(13)25-4/h5-6,8-9,15,20H,1-4H3,(H,21,22)(H,23,24)/b11-8-. The zero-order valence-electron chi connectivity index (χ0n) is 14.4. The number of carboxylic acids is 1. The molecule has 0 aliphatic carbocycles. The quantitative estimate of drug-likeness (QED) is 0.506. The molecule has 8 heteroatoms. The van der Waals surface area contributed by atoms with Crippen molar-refractivity contribution >= 4 is 29.2 Å². The summed E-state index contributed by atoms with van der Waals surface area (Å²) in [5, 5.41) is 24.0. The van der Waals surface area contributed by atoms with Crippen LogP contribution in [0.2, 0.25) is 5.02 Å². The van der Waals surface area contributed by atoms with Crippen LogP contribution in [0.5, 0.6) is 5.75 Å². The van der Waals surface area contributed by atoms with E-state index in [1.54, 1.807) is 39.0 Å². The average molecular weight is 366 g/mol. The van der Waals surface area contributed by atoms with Crippen molar-refractivity contribution in [1.82, 2.24) is 5.32 Å². The number of halogens is 1. The molecule has 1 amide bonds. The molecule has 0 aromatic heterocycles. The Morgan fingerprint density at radius 1 is 1.40 bits per heavy atom. The Morgan fingerprint density at radius 2 is 2.04 bits per heavy atom. The molecule has 0 aliphatic heterocycles. The molecule has 0 saturated carbocycles. The minimum Gasteiger partial charge on any atom is -0.495 e. The molecule has 0 radical (unpaired) electrons. The molecule has 1 atom stereocenters. The van der Waals surface area contributed by atoms with Gasteiger partial charge in [-0.15, -0.1) is 0 Å². The second-order valence-corrected chi connectivity index (χ2v) is 6.06. The largest absolute Gasteiger partial charge is 0.495 e. The maximum atomic E-state index is 12.1. The molecule has 1 unspecified atom stereocenters. The fraction of sp³-hybridized carbons (Fsp3) is 0.353. The molecule has 7 nitrogen and oxygen atoms in total. The lowest BCUT2D eigenvalue weighted by Crippen LogP contribution is -2.44. The number of hydrogen-bond donors (Lipinski definition) is 3. The topological polar surface area (TPSA) is 111 Å². The second-order valence-electron chi connectivity index (χ2n) is 5.65. The number of nitrogens with zero attached hydrogens (tertiary/aromatic N) is 1. The third-order valence-corrected chi connectivity index (χ3v) is 3.84. The summed E-state index contributed by atoms with van der Waals surface area (Å²) in [5.74, 6) is -1.83. The Hall–Kier alpha value is -2.72. The first-order chi connectivity index (χ1) is 11.7. The summed E-state index contributed by atoms with van der Waals surface area (Å²) in [6, 6.07) is 3.98. The number of rotatable bonds is 7. The normalized spacial score (nSPS) is 12.3. The van der Waals surface area contributed by atoms with E-state index >= 15 is 0 Å². The number of carbonyl (C=O) groups excluding carboxylic acids is 1. The van der Waals surface area contributed by atoms with Crippen molar-refractivity contribution < 1.29 is 19.4 Å². The molecule has 25 heavy (non-hydrogen) atoms. The fourth-order valence-corrected chi connectivity index (χ4v) is 2.13. The molecular weight excluding hydrogens is 346 g/mol. The number of carboxylic acid groups (broad SMARTS) is 1. The summed E-state index contributed by atoms with van der Waals surface area (Å²) in [4.78, 5) is 23.3. The number of aliphatic carboxylic acids is 1. The highest BCUT2D eigenvalue weighted by Crippen LogP contribution is 2.31. The van der Waals surface area contributed by atoms with Crippen molar-refractivity contribution in [1.29, 1.82) is 5.26 Å². The minimum atomic E-state index is -1.16. The van der Waals surface area contributed by atoms with Crippen LogP contribution in [-0.4, -0.2) is 30.1 Å². The first kappa shape index (κ1) is 20.3. The number of hydrogen-bond acceptors (Lipinski definition) is 5. The molecule has 0 fully saturated rings. The number of carbonyl (C=O) groups is 2. The van der Waals surface area contributed by atoms with Gasteiger partial charge in [-0.3, -0.25) is 4.79 Å². The molecule has 1 aromatic carbocycles. The Balaban J connectivity index is 3.01. The van der Waals surface area contributed by atoms with Crippen molar-refractivity contribution in [3.05, 3.63) is 34.5 Å². The van der Waals surface area contributed by atoms with E-state index < -0.39 is 17.9 Å². The predicted molar refractivity (Wildman–Crippen MR) is 94.5 cm³/mol. The van der Waals surface area contributed by atoms with E-state index in [0.29, 0.717) is 16.5 Å². The Kier molecular flexibility index (Phi) is 7.27. The fourth-order valence-electron chi connectivity index (χ4n) is 1.98. The minimum absolute atomic E-state index is 0.262. The lowest BCUT2D eigenvalue weighted by atomic mass is 10.0. The van der Waals surface area contributed by atoms with E-state index in [0.717, 1.165) is 5.56 Å². The highest BCUT2D eigenvalue weighted by molar-refractivity contribution is 6.31. The van der Waals surface area contributed by atoms with Crippen LogP contribution in [0.1, 0.15) is 19.4 Å². The Bertz CT molecular complexity index is 738. The number of nitriles is 1. The highest BCUT2D eigenvalue weighted by Gasteiger charge is 2.24. The molecule has 0 saturated heterocycles.